The van der Waals surface area contributed by atoms with Crippen LogP contribution in [0.2, 0.25) is 0 Å². The van der Waals surface area contributed by atoms with Crippen molar-refractivity contribution < 1.29 is 4.74 Å². The van der Waals surface area contributed by atoms with Crippen LogP contribution in [-0.4, -0.2) is 12.7 Å². The van der Waals surface area contributed by atoms with Crippen molar-refractivity contribution in [2.24, 2.45) is 23.7 Å². The molecule has 0 amide bonds. The van der Waals surface area contributed by atoms with Crippen LogP contribution >= 0.6 is 0 Å². The Morgan fingerprint density at radius 2 is 1.26 bits per heavy atom. The zero-order valence-corrected chi connectivity index (χ0v) is 24.5. The van der Waals surface area contributed by atoms with Gasteiger partial charge in [0.2, 0.25) is 0 Å². The van der Waals surface area contributed by atoms with Gasteiger partial charge in [0.05, 0.1) is 6.10 Å². The average Bonchev–Trinajstić information content (AvgIpc) is 2.85. The Hall–Kier alpha value is -0.300. The van der Waals surface area contributed by atoms with E-state index in [4.69, 9.17) is 4.74 Å². The van der Waals surface area contributed by atoms with E-state index in [0.717, 1.165) is 30.3 Å². The van der Waals surface area contributed by atoms with Gasteiger partial charge in [0.15, 0.2) is 0 Å². The summed E-state index contributed by atoms with van der Waals surface area (Å²) in [6.45, 7) is 12.0. The lowest BCUT2D eigenvalue weighted by Gasteiger charge is -2.40. The first-order valence-corrected chi connectivity index (χ1v) is 16.4. The average molecular weight is 489 g/mol. The number of hydrogen-bond donors (Lipinski definition) is 0. The summed E-state index contributed by atoms with van der Waals surface area (Å²) in [6, 6.07) is 0. The van der Waals surface area contributed by atoms with Gasteiger partial charge >= 0.3 is 0 Å². The Bertz CT molecular complexity index is 503. The maximum Gasteiger partial charge on any atom is 0.0575 e. The summed E-state index contributed by atoms with van der Waals surface area (Å²) in [5.74, 6) is 4.00. The minimum Gasteiger partial charge on any atom is -0.378 e. The molecule has 3 atom stereocenters. The van der Waals surface area contributed by atoms with Crippen molar-refractivity contribution in [1.82, 2.24) is 0 Å². The first-order valence-electron chi connectivity index (χ1n) is 16.4. The van der Waals surface area contributed by atoms with Crippen molar-refractivity contribution in [2.45, 2.75) is 175 Å². The Morgan fingerprint density at radius 1 is 0.686 bits per heavy atom. The fourth-order valence-corrected chi connectivity index (χ4v) is 7.11. The molecule has 2 rings (SSSR count). The summed E-state index contributed by atoms with van der Waals surface area (Å²) >= 11 is 0. The number of allylic oxidation sites excluding steroid dienone is 1. The largest absolute Gasteiger partial charge is 0.378 e. The molecular weight excluding hydrogens is 424 g/mol. The van der Waals surface area contributed by atoms with Gasteiger partial charge < -0.3 is 4.74 Å². The van der Waals surface area contributed by atoms with E-state index in [1.165, 1.54) is 153 Å². The molecule has 0 N–H and O–H groups in total. The van der Waals surface area contributed by atoms with Crippen LogP contribution in [0.3, 0.4) is 0 Å². The van der Waals surface area contributed by atoms with Crippen LogP contribution in [0.1, 0.15) is 168 Å². The van der Waals surface area contributed by atoms with E-state index in [0.29, 0.717) is 6.10 Å². The van der Waals surface area contributed by atoms with Gasteiger partial charge in [-0.25, -0.2) is 0 Å². The minimum atomic E-state index is 0.562. The molecule has 0 bridgehead atoms. The number of hydrogen-bond acceptors (Lipinski definition) is 1. The highest BCUT2D eigenvalue weighted by atomic mass is 16.5. The maximum absolute atomic E-state index is 6.27. The molecule has 2 aliphatic rings. The van der Waals surface area contributed by atoms with Crippen molar-refractivity contribution >= 4 is 0 Å². The van der Waals surface area contributed by atoms with E-state index in [9.17, 15) is 0 Å². The van der Waals surface area contributed by atoms with Crippen molar-refractivity contribution in [3.05, 3.63) is 12.2 Å². The van der Waals surface area contributed by atoms with E-state index in [1.54, 1.807) is 0 Å². The van der Waals surface area contributed by atoms with Gasteiger partial charge in [0.1, 0.15) is 0 Å². The van der Waals surface area contributed by atoms with Crippen molar-refractivity contribution in [3.63, 3.8) is 0 Å². The van der Waals surface area contributed by atoms with Gasteiger partial charge in [0, 0.05) is 6.61 Å². The molecule has 2 saturated carbocycles. The van der Waals surface area contributed by atoms with Gasteiger partial charge in [-0.05, 0) is 94.8 Å². The van der Waals surface area contributed by atoms with Gasteiger partial charge in [-0.2, -0.15) is 0 Å². The number of ether oxygens (including phenoxy) is 1. The van der Waals surface area contributed by atoms with Crippen LogP contribution < -0.4 is 0 Å². The normalized spacial score (nSPS) is 27.2. The predicted molar refractivity (Wildman–Crippen MR) is 156 cm³/mol. The monoisotopic (exact) mass is 488 g/mol. The Balaban J connectivity index is 1.45. The minimum absolute atomic E-state index is 0.562. The fraction of sp³-hybridized carbons (Fsp3) is 0.941. The Morgan fingerprint density at radius 3 is 1.89 bits per heavy atom. The lowest BCUT2D eigenvalue weighted by Crippen LogP contribution is -2.31. The molecule has 35 heavy (non-hydrogen) atoms. The zero-order chi connectivity index (χ0) is 25.1. The van der Waals surface area contributed by atoms with Crippen LogP contribution in [-0.2, 0) is 4.74 Å². The molecule has 206 valence electrons. The molecule has 0 radical (unpaired) electrons. The molecule has 3 unspecified atom stereocenters. The van der Waals surface area contributed by atoms with E-state index < -0.39 is 0 Å². The zero-order valence-electron chi connectivity index (χ0n) is 24.5. The van der Waals surface area contributed by atoms with Gasteiger partial charge in [-0.15, -0.1) is 6.58 Å². The lowest BCUT2D eigenvalue weighted by atomic mass is 9.66. The molecule has 0 heterocycles. The summed E-state index contributed by atoms with van der Waals surface area (Å²) in [5, 5.41) is 0. The Labute approximate surface area is 221 Å². The summed E-state index contributed by atoms with van der Waals surface area (Å²) < 4.78 is 6.27. The summed E-state index contributed by atoms with van der Waals surface area (Å²) in [7, 11) is 0. The summed E-state index contributed by atoms with van der Waals surface area (Å²) in [6.07, 6.45) is 33.2. The first kappa shape index (κ1) is 30.9. The SMILES string of the molecule is C=C(C)CCCCCCOC1CCC(C2CCC(CCCCCCCCCCCC)C(C)C2)CC1. The van der Waals surface area contributed by atoms with Crippen molar-refractivity contribution in [2.75, 3.05) is 6.61 Å². The fourth-order valence-electron chi connectivity index (χ4n) is 7.11. The molecule has 0 aromatic heterocycles. The molecule has 0 aromatic rings. The maximum atomic E-state index is 6.27. The molecule has 1 nitrogen and oxygen atoms in total. The third-order valence-electron chi connectivity index (χ3n) is 9.55. The van der Waals surface area contributed by atoms with Crippen LogP contribution in [0.25, 0.3) is 0 Å². The standard InChI is InChI=1S/C34H64O/c1-5-6-7-8-9-10-11-12-13-17-20-31-21-22-33(28-30(31)4)32-23-25-34(26-24-32)35-27-18-15-14-16-19-29(2)3/h30-34H,2,5-28H2,1,3-4H3. The predicted octanol–water partition coefficient (Wildman–Crippen LogP) is 11.5. The smallest absolute Gasteiger partial charge is 0.0575 e. The molecule has 0 aromatic carbocycles. The Kier molecular flexibility index (Phi) is 17.5. The second-order valence-corrected chi connectivity index (χ2v) is 12.8. The third kappa shape index (κ3) is 14.3. The van der Waals surface area contributed by atoms with Crippen molar-refractivity contribution in [3.8, 4) is 0 Å². The lowest BCUT2D eigenvalue weighted by molar-refractivity contribution is 0.00224. The van der Waals surface area contributed by atoms with Gasteiger partial charge in [-0.1, -0.05) is 103 Å². The van der Waals surface area contributed by atoms with Gasteiger partial charge in [-0.3, -0.25) is 0 Å². The molecule has 0 aliphatic heterocycles. The molecular formula is C34H64O. The number of unbranched alkanes of at least 4 members (excludes halogenated alkanes) is 12. The highest BCUT2D eigenvalue weighted by Gasteiger charge is 2.33. The number of rotatable bonds is 20. The molecule has 1 heteroatoms. The highest BCUT2D eigenvalue weighted by Crippen LogP contribution is 2.44. The van der Waals surface area contributed by atoms with Crippen LogP contribution in [0.4, 0.5) is 0 Å². The van der Waals surface area contributed by atoms with E-state index >= 15 is 0 Å². The van der Waals surface area contributed by atoms with Crippen LogP contribution in [0, 0.1) is 23.7 Å². The van der Waals surface area contributed by atoms with E-state index in [1.807, 2.05) is 0 Å². The quantitative estimate of drug-likeness (QED) is 0.122. The second-order valence-electron chi connectivity index (χ2n) is 12.8. The van der Waals surface area contributed by atoms with Crippen LogP contribution in [0.15, 0.2) is 12.2 Å². The first-order chi connectivity index (χ1) is 17.1. The highest BCUT2D eigenvalue weighted by molar-refractivity contribution is 4.87. The van der Waals surface area contributed by atoms with Gasteiger partial charge in [0.25, 0.3) is 0 Å². The van der Waals surface area contributed by atoms with E-state index in [2.05, 4.69) is 27.4 Å². The van der Waals surface area contributed by atoms with Crippen LogP contribution in [0.5, 0.6) is 0 Å². The second kappa shape index (κ2) is 19.8. The molecule has 2 fully saturated rings. The molecule has 0 spiro atoms. The summed E-state index contributed by atoms with van der Waals surface area (Å²) in [5.41, 5.74) is 1.33. The topological polar surface area (TPSA) is 9.23 Å². The molecule has 0 saturated heterocycles. The van der Waals surface area contributed by atoms with E-state index in [-0.39, 0.29) is 0 Å². The molecule has 2 aliphatic carbocycles. The van der Waals surface area contributed by atoms with Crippen molar-refractivity contribution in [1.29, 1.82) is 0 Å². The summed E-state index contributed by atoms with van der Waals surface area (Å²) in [4.78, 5) is 0. The third-order valence-corrected chi connectivity index (χ3v) is 9.55.